The lowest BCUT2D eigenvalue weighted by Crippen LogP contribution is -2.33. The summed E-state index contributed by atoms with van der Waals surface area (Å²) in [5, 5.41) is 0. The first-order valence-electron chi connectivity index (χ1n) is 6.43. The lowest BCUT2D eigenvalue weighted by molar-refractivity contribution is -0.137. The maximum Gasteiger partial charge on any atom is 0.416 e. The standard InChI is InChI=1S/C14H18F3N/c1-2-11-7-9-18(10-8-11)13-5-3-12(4-6-13)14(15,16)17/h3-6,11H,2,7-10H2,1H3. The largest absolute Gasteiger partial charge is 0.416 e. The summed E-state index contributed by atoms with van der Waals surface area (Å²) in [4.78, 5) is 2.17. The Kier molecular flexibility index (Phi) is 3.83. The highest BCUT2D eigenvalue weighted by atomic mass is 19.4. The third-order valence-corrected chi connectivity index (χ3v) is 3.75. The molecule has 0 spiro atoms. The third kappa shape index (κ3) is 2.98. The number of halogens is 3. The molecular formula is C14H18F3N. The molecule has 0 saturated carbocycles. The molecule has 18 heavy (non-hydrogen) atoms. The topological polar surface area (TPSA) is 3.24 Å². The van der Waals surface area contributed by atoms with Crippen molar-refractivity contribution in [1.82, 2.24) is 0 Å². The van der Waals surface area contributed by atoms with Crippen LogP contribution >= 0.6 is 0 Å². The van der Waals surface area contributed by atoms with E-state index in [1.54, 1.807) is 12.1 Å². The molecule has 1 nitrogen and oxygen atoms in total. The molecule has 100 valence electrons. The van der Waals surface area contributed by atoms with Gasteiger partial charge in [0.25, 0.3) is 0 Å². The zero-order chi connectivity index (χ0) is 13.2. The minimum Gasteiger partial charge on any atom is -0.372 e. The summed E-state index contributed by atoms with van der Waals surface area (Å²) in [6.45, 7) is 4.09. The fourth-order valence-corrected chi connectivity index (χ4v) is 2.46. The number of anilines is 1. The molecule has 1 aromatic carbocycles. The third-order valence-electron chi connectivity index (χ3n) is 3.75. The number of alkyl halides is 3. The van der Waals surface area contributed by atoms with Gasteiger partial charge in [0.15, 0.2) is 0 Å². The summed E-state index contributed by atoms with van der Waals surface area (Å²) in [6, 6.07) is 5.49. The zero-order valence-corrected chi connectivity index (χ0v) is 10.5. The van der Waals surface area contributed by atoms with Gasteiger partial charge in [-0.25, -0.2) is 0 Å². The number of hydrogen-bond acceptors (Lipinski definition) is 1. The van der Waals surface area contributed by atoms with Gasteiger partial charge in [0.1, 0.15) is 0 Å². The summed E-state index contributed by atoms with van der Waals surface area (Å²) in [5.74, 6) is 0.774. The van der Waals surface area contributed by atoms with Crippen LogP contribution in [0.5, 0.6) is 0 Å². The van der Waals surface area contributed by atoms with E-state index in [1.807, 2.05) is 0 Å². The average molecular weight is 257 g/mol. The van der Waals surface area contributed by atoms with Gasteiger partial charge in [-0.2, -0.15) is 13.2 Å². The summed E-state index contributed by atoms with van der Waals surface area (Å²) in [5.41, 5.74) is 0.326. The summed E-state index contributed by atoms with van der Waals surface area (Å²) in [7, 11) is 0. The van der Waals surface area contributed by atoms with E-state index in [4.69, 9.17) is 0 Å². The van der Waals surface area contributed by atoms with E-state index in [0.29, 0.717) is 0 Å². The SMILES string of the molecule is CCC1CCN(c2ccc(C(F)(F)F)cc2)CC1. The number of benzene rings is 1. The molecule has 1 aliphatic heterocycles. The van der Waals surface area contributed by atoms with Crippen molar-refractivity contribution in [2.75, 3.05) is 18.0 Å². The van der Waals surface area contributed by atoms with Crippen molar-refractivity contribution in [2.45, 2.75) is 32.4 Å². The predicted molar refractivity (Wildman–Crippen MR) is 66.7 cm³/mol. The number of rotatable bonds is 2. The van der Waals surface area contributed by atoms with E-state index in [2.05, 4.69) is 11.8 Å². The molecule has 0 unspecified atom stereocenters. The van der Waals surface area contributed by atoms with Crippen LogP contribution in [0.3, 0.4) is 0 Å². The van der Waals surface area contributed by atoms with Crippen molar-refractivity contribution in [3.63, 3.8) is 0 Å². The van der Waals surface area contributed by atoms with Crippen LogP contribution in [0.4, 0.5) is 18.9 Å². The molecule has 0 atom stereocenters. The molecule has 1 fully saturated rings. The van der Waals surface area contributed by atoms with E-state index in [1.165, 1.54) is 18.6 Å². The van der Waals surface area contributed by atoms with Gasteiger partial charge >= 0.3 is 6.18 Å². The van der Waals surface area contributed by atoms with Crippen molar-refractivity contribution < 1.29 is 13.2 Å². The highest BCUT2D eigenvalue weighted by Gasteiger charge is 2.30. The van der Waals surface area contributed by atoms with Crippen LogP contribution in [0.15, 0.2) is 24.3 Å². The molecule has 1 heterocycles. The van der Waals surface area contributed by atoms with Gasteiger partial charge in [0.05, 0.1) is 5.56 Å². The van der Waals surface area contributed by atoms with Crippen LogP contribution in [-0.4, -0.2) is 13.1 Å². The lowest BCUT2D eigenvalue weighted by Gasteiger charge is -2.33. The van der Waals surface area contributed by atoms with Crippen LogP contribution in [0.25, 0.3) is 0 Å². The molecule has 4 heteroatoms. The molecule has 0 bridgehead atoms. The van der Waals surface area contributed by atoms with Gasteiger partial charge in [-0.15, -0.1) is 0 Å². The second-order valence-corrected chi connectivity index (χ2v) is 4.88. The van der Waals surface area contributed by atoms with Crippen LogP contribution in [-0.2, 0) is 6.18 Å². The lowest BCUT2D eigenvalue weighted by atomic mass is 9.94. The van der Waals surface area contributed by atoms with Crippen LogP contribution in [0.2, 0.25) is 0 Å². The Hall–Kier alpha value is -1.19. The number of nitrogens with zero attached hydrogens (tertiary/aromatic N) is 1. The van der Waals surface area contributed by atoms with Crippen molar-refractivity contribution >= 4 is 5.69 Å². The van der Waals surface area contributed by atoms with Gasteiger partial charge in [-0.3, -0.25) is 0 Å². The molecule has 0 aromatic heterocycles. The zero-order valence-electron chi connectivity index (χ0n) is 10.5. The highest BCUT2D eigenvalue weighted by Crippen LogP contribution is 2.31. The number of hydrogen-bond donors (Lipinski definition) is 0. The van der Waals surface area contributed by atoms with Crippen LogP contribution in [0.1, 0.15) is 31.7 Å². The van der Waals surface area contributed by atoms with Gasteiger partial charge < -0.3 is 4.90 Å². The van der Waals surface area contributed by atoms with Crippen molar-refractivity contribution in [1.29, 1.82) is 0 Å². The molecule has 0 aliphatic carbocycles. The Bertz CT molecular complexity index is 375. The Morgan fingerprint density at radius 3 is 2.11 bits per heavy atom. The van der Waals surface area contributed by atoms with Gasteiger partial charge in [-0.05, 0) is 43.0 Å². The molecule has 1 aromatic rings. The minimum atomic E-state index is -4.24. The Morgan fingerprint density at radius 1 is 1.11 bits per heavy atom. The quantitative estimate of drug-likeness (QED) is 0.762. The summed E-state index contributed by atoms with van der Waals surface area (Å²) < 4.78 is 37.3. The Morgan fingerprint density at radius 2 is 1.67 bits per heavy atom. The second kappa shape index (κ2) is 5.21. The average Bonchev–Trinajstić information content (AvgIpc) is 2.38. The van der Waals surface area contributed by atoms with E-state index >= 15 is 0 Å². The molecule has 1 saturated heterocycles. The van der Waals surface area contributed by atoms with Gasteiger partial charge in [0, 0.05) is 18.8 Å². The van der Waals surface area contributed by atoms with E-state index in [0.717, 1.165) is 37.5 Å². The van der Waals surface area contributed by atoms with Crippen molar-refractivity contribution in [2.24, 2.45) is 5.92 Å². The van der Waals surface area contributed by atoms with Gasteiger partial charge in [0.2, 0.25) is 0 Å². The smallest absolute Gasteiger partial charge is 0.372 e. The fraction of sp³-hybridized carbons (Fsp3) is 0.571. The molecule has 0 radical (unpaired) electrons. The first-order valence-corrected chi connectivity index (χ1v) is 6.43. The highest BCUT2D eigenvalue weighted by molar-refractivity contribution is 5.48. The monoisotopic (exact) mass is 257 g/mol. The first-order chi connectivity index (χ1) is 8.50. The molecule has 0 amide bonds. The summed E-state index contributed by atoms with van der Waals surface area (Å²) in [6.07, 6.45) is -0.774. The van der Waals surface area contributed by atoms with Crippen LogP contribution in [0, 0.1) is 5.92 Å². The van der Waals surface area contributed by atoms with E-state index in [9.17, 15) is 13.2 Å². The summed E-state index contributed by atoms with van der Waals surface area (Å²) >= 11 is 0. The normalized spacial score (nSPS) is 18.1. The van der Waals surface area contributed by atoms with Crippen molar-refractivity contribution in [3.05, 3.63) is 29.8 Å². The van der Waals surface area contributed by atoms with E-state index in [-0.39, 0.29) is 0 Å². The molecular weight excluding hydrogens is 239 g/mol. The minimum absolute atomic E-state index is 0.574. The van der Waals surface area contributed by atoms with Gasteiger partial charge in [-0.1, -0.05) is 13.3 Å². The Balaban J connectivity index is 2.02. The second-order valence-electron chi connectivity index (χ2n) is 4.88. The van der Waals surface area contributed by atoms with Crippen LogP contribution < -0.4 is 4.90 Å². The molecule has 1 aliphatic rings. The van der Waals surface area contributed by atoms with Crippen molar-refractivity contribution in [3.8, 4) is 0 Å². The maximum atomic E-state index is 12.4. The predicted octanol–water partition coefficient (Wildman–Crippen LogP) is 4.33. The molecule has 0 N–H and O–H groups in total. The molecule has 2 rings (SSSR count). The maximum absolute atomic E-state index is 12.4. The fourth-order valence-electron chi connectivity index (χ4n) is 2.46. The van der Waals surface area contributed by atoms with E-state index < -0.39 is 11.7 Å². The first kappa shape index (κ1) is 13.2. The Labute approximate surface area is 106 Å². The number of piperidine rings is 1.